The molecule has 3 aromatic carbocycles. The second-order valence-corrected chi connectivity index (χ2v) is 4.84. The van der Waals surface area contributed by atoms with Crippen molar-refractivity contribution in [2.75, 3.05) is 5.32 Å². The highest BCUT2D eigenvalue weighted by molar-refractivity contribution is 5.97. The number of nitriles is 1. The van der Waals surface area contributed by atoms with Gasteiger partial charge in [-0.3, -0.25) is 0 Å². The molecule has 0 atom stereocenters. The largest absolute Gasteiger partial charge is 0.507 e. The van der Waals surface area contributed by atoms with Crippen molar-refractivity contribution in [1.29, 1.82) is 5.26 Å². The molecule has 0 heterocycles. The summed E-state index contributed by atoms with van der Waals surface area (Å²) < 4.78 is 0. The summed E-state index contributed by atoms with van der Waals surface area (Å²) in [5, 5.41) is 24.0. The fraction of sp³-hybridized carbons (Fsp3) is 0.0556. The van der Waals surface area contributed by atoms with Crippen molar-refractivity contribution >= 4 is 16.5 Å². The van der Waals surface area contributed by atoms with Gasteiger partial charge in [-0.2, -0.15) is 5.26 Å². The lowest BCUT2D eigenvalue weighted by molar-refractivity contribution is 0.481. The minimum Gasteiger partial charge on any atom is -0.507 e. The Labute approximate surface area is 123 Å². The van der Waals surface area contributed by atoms with Crippen molar-refractivity contribution in [2.24, 2.45) is 0 Å². The maximum Gasteiger partial charge on any atom is 0.123 e. The Hall–Kier alpha value is -2.99. The van der Waals surface area contributed by atoms with E-state index in [0.29, 0.717) is 12.1 Å². The van der Waals surface area contributed by atoms with Gasteiger partial charge in [0.25, 0.3) is 0 Å². The topological polar surface area (TPSA) is 56.0 Å². The second kappa shape index (κ2) is 5.56. The first-order valence-electron chi connectivity index (χ1n) is 6.71. The number of hydrogen-bond acceptors (Lipinski definition) is 3. The highest BCUT2D eigenvalue weighted by atomic mass is 16.3. The molecule has 0 bridgehead atoms. The van der Waals surface area contributed by atoms with Gasteiger partial charge in [0.1, 0.15) is 5.75 Å². The molecule has 0 fully saturated rings. The molecule has 0 aromatic heterocycles. The van der Waals surface area contributed by atoms with E-state index in [-0.39, 0.29) is 5.75 Å². The van der Waals surface area contributed by atoms with Crippen LogP contribution in [-0.2, 0) is 6.54 Å². The highest BCUT2D eigenvalue weighted by Gasteiger charge is 2.04. The zero-order valence-corrected chi connectivity index (χ0v) is 11.4. The molecule has 3 rings (SSSR count). The van der Waals surface area contributed by atoms with E-state index in [1.807, 2.05) is 48.5 Å². The SMILES string of the molecule is N#Cc1cccc(CNc2cccc3c(O)cccc23)c1. The van der Waals surface area contributed by atoms with Gasteiger partial charge in [-0.25, -0.2) is 0 Å². The molecule has 3 nitrogen and oxygen atoms in total. The van der Waals surface area contributed by atoms with Crippen molar-refractivity contribution in [3.63, 3.8) is 0 Å². The lowest BCUT2D eigenvalue weighted by atomic mass is 10.1. The number of hydrogen-bond donors (Lipinski definition) is 2. The third kappa shape index (κ3) is 2.65. The molecule has 0 aliphatic rings. The van der Waals surface area contributed by atoms with Crippen LogP contribution in [0.5, 0.6) is 5.75 Å². The first-order valence-corrected chi connectivity index (χ1v) is 6.71. The second-order valence-electron chi connectivity index (χ2n) is 4.84. The molecule has 0 aliphatic heterocycles. The van der Waals surface area contributed by atoms with Gasteiger partial charge in [0.05, 0.1) is 11.6 Å². The molecule has 0 radical (unpaired) electrons. The lowest BCUT2D eigenvalue weighted by Gasteiger charge is -2.11. The molecule has 0 saturated heterocycles. The van der Waals surface area contributed by atoms with Crippen molar-refractivity contribution in [2.45, 2.75) is 6.54 Å². The van der Waals surface area contributed by atoms with E-state index in [1.54, 1.807) is 12.1 Å². The lowest BCUT2D eigenvalue weighted by Crippen LogP contribution is -2.00. The Morgan fingerprint density at radius 2 is 1.71 bits per heavy atom. The maximum absolute atomic E-state index is 9.89. The van der Waals surface area contributed by atoms with Crippen LogP contribution in [0.15, 0.2) is 60.7 Å². The number of nitrogens with one attached hydrogen (secondary N) is 1. The molecule has 102 valence electrons. The molecule has 0 unspecified atom stereocenters. The predicted octanol–water partition coefficient (Wildman–Crippen LogP) is 4.03. The van der Waals surface area contributed by atoms with Crippen LogP contribution in [0.1, 0.15) is 11.1 Å². The van der Waals surface area contributed by atoms with E-state index in [4.69, 9.17) is 5.26 Å². The smallest absolute Gasteiger partial charge is 0.123 e. The minimum atomic E-state index is 0.280. The summed E-state index contributed by atoms with van der Waals surface area (Å²) in [6.07, 6.45) is 0. The normalized spacial score (nSPS) is 10.2. The molecule has 3 heteroatoms. The van der Waals surface area contributed by atoms with Crippen molar-refractivity contribution in [3.05, 3.63) is 71.8 Å². The van der Waals surface area contributed by atoms with Crippen LogP contribution in [0.3, 0.4) is 0 Å². The van der Waals surface area contributed by atoms with Crippen LogP contribution in [0.4, 0.5) is 5.69 Å². The van der Waals surface area contributed by atoms with Gasteiger partial charge < -0.3 is 10.4 Å². The van der Waals surface area contributed by atoms with Gasteiger partial charge in [0.2, 0.25) is 0 Å². The van der Waals surface area contributed by atoms with Gasteiger partial charge in [-0.15, -0.1) is 0 Å². The van der Waals surface area contributed by atoms with Crippen LogP contribution in [0.25, 0.3) is 10.8 Å². The summed E-state index contributed by atoms with van der Waals surface area (Å²) in [6, 6.07) is 20.9. The fourth-order valence-corrected chi connectivity index (χ4v) is 2.40. The summed E-state index contributed by atoms with van der Waals surface area (Å²) >= 11 is 0. The summed E-state index contributed by atoms with van der Waals surface area (Å²) in [4.78, 5) is 0. The van der Waals surface area contributed by atoms with Crippen LogP contribution in [0.2, 0.25) is 0 Å². The third-order valence-corrected chi connectivity index (χ3v) is 3.44. The molecule has 0 amide bonds. The van der Waals surface area contributed by atoms with E-state index < -0.39 is 0 Å². The quantitative estimate of drug-likeness (QED) is 0.758. The number of benzene rings is 3. The Balaban J connectivity index is 1.89. The molecular weight excluding hydrogens is 260 g/mol. The summed E-state index contributed by atoms with van der Waals surface area (Å²) in [5.41, 5.74) is 2.67. The fourth-order valence-electron chi connectivity index (χ4n) is 2.40. The van der Waals surface area contributed by atoms with Gasteiger partial charge in [-0.05, 0) is 29.8 Å². The number of rotatable bonds is 3. The molecular formula is C18H14N2O. The van der Waals surface area contributed by atoms with Gasteiger partial charge in [0, 0.05) is 23.0 Å². The molecule has 0 saturated carbocycles. The Morgan fingerprint density at radius 1 is 0.952 bits per heavy atom. The average Bonchev–Trinajstić information content (AvgIpc) is 2.53. The van der Waals surface area contributed by atoms with E-state index in [1.165, 1.54) is 0 Å². The Kier molecular flexibility index (Phi) is 3.44. The highest BCUT2D eigenvalue weighted by Crippen LogP contribution is 2.29. The minimum absolute atomic E-state index is 0.280. The summed E-state index contributed by atoms with van der Waals surface area (Å²) in [7, 11) is 0. The number of aromatic hydroxyl groups is 1. The Morgan fingerprint density at radius 3 is 2.57 bits per heavy atom. The van der Waals surface area contributed by atoms with E-state index >= 15 is 0 Å². The standard InChI is InChI=1S/C18H14N2O/c19-11-13-4-1-5-14(10-13)12-20-17-8-2-7-16-15(17)6-3-9-18(16)21/h1-10,20-21H,12H2. The van der Waals surface area contributed by atoms with Crippen LogP contribution < -0.4 is 5.32 Å². The molecule has 21 heavy (non-hydrogen) atoms. The van der Waals surface area contributed by atoms with E-state index in [9.17, 15) is 5.11 Å². The predicted molar refractivity (Wildman–Crippen MR) is 84.1 cm³/mol. The van der Waals surface area contributed by atoms with Crippen LogP contribution in [0, 0.1) is 11.3 Å². The van der Waals surface area contributed by atoms with E-state index in [0.717, 1.165) is 22.0 Å². The Bertz CT molecular complexity index is 834. The van der Waals surface area contributed by atoms with E-state index in [2.05, 4.69) is 11.4 Å². The number of anilines is 1. The molecule has 0 spiro atoms. The van der Waals surface area contributed by atoms with Crippen molar-refractivity contribution < 1.29 is 5.11 Å². The van der Waals surface area contributed by atoms with Crippen molar-refractivity contribution in [3.8, 4) is 11.8 Å². The van der Waals surface area contributed by atoms with Crippen molar-refractivity contribution in [1.82, 2.24) is 0 Å². The third-order valence-electron chi connectivity index (χ3n) is 3.44. The zero-order chi connectivity index (χ0) is 14.7. The first-order chi connectivity index (χ1) is 10.3. The number of nitrogens with zero attached hydrogens (tertiary/aromatic N) is 1. The van der Waals surface area contributed by atoms with Gasteiger partial charge in [-0.1, -0.05) is 36.4 Å². The maximum atomic E-state index is 9.89. The van der Waals surface area contributed by atoms with Crippen LogP contribution in [-0.4, -0.2) is 5.11 Å². The monoisotopic (exact) mass is 274 g/mol. The van der Waals surface area contributed by atoms with Crippen LogP contribution >= 0.6 is 0 Å². The summed E-state index contributed by atoms with van der Waals surface area (Å²) in [6.45, 7) is 0.629. The van der Waals surface area contributed by atoms with Gasteiger partial charge in [0.15, 0.2) is 0 Å². The molecule has 0 aliphatic carbocycles. The zero-order valence-electron chi connectivity index (χ0n) is 11.4. The average molecular weight is 274 g/mol. The number of phenolic OH excluding ortho intramolecular Hbond substituents is 1. The summed E-state index contributed by atoms with van der Waals surface area (Å²) in [5.74, 6) is 0.280. The molecule has 2 N–H and O–H groups in total. The molecule has 3 aromatic rings. The van der Waals surface area contributed by atoms with Gasteiger partial charge >= 0.3 is 0 Å². The first kappa shape index (κ1) is 13.0. The number of phenols is 1. The number of fused-ring (bicyclic) bond motifs is 1.